The van der Waals surface area contributed by atoms with E-state index in [1.165, 1.54) is 7.11 Å². The van der Waals surface area contributed by atoms with Crippen LogP contribution in [0.4, 0.5) is 0 Å². The van der Waals surface area contributed by atoms with Crippen molar-refractivity contribution in [2.75, 3.05) is 14.2 Å². The predicted molar refractivity (Wildman–Crippen MR) is 124 cm³/mol. The predicted octanol–water partition coefficient (Wildman–Crippen LogP) is 5.06. The molecule has 1 aliphatic rings. The van der Waals surface area contributed by atoms with Gasteiger partial charge in [0.05, 0.1) is 19.8 Å². The number of aromatic hydroxyl groups is 1. The maximum Gasteiger partial charge on any atom is 0.337 e. The second-order valence-electron chi connectivity index (χ2n) is 7.45. The number of ether oxygens (including phenoxy) is 2. The highest BCUT2D eigenvalue weighted by atomic mass is 35.5. The molecule has 6 nitrogen and oxygen atoms in total. The monoisotopic (exact) mass is 450 g/mol. The molecule has 0 bridgehead atoms. The molecule has 0 saturated carbocycles. The van der Waals surface area contributed by atoms with Gasteiger partial charge in [0, 0.05) is 28.8 Å². The van der Waals surface area contributed by atoms with Crippen molar-refractivity contribution >= 4 is 23.3 Å². The third-order valence-electron chi connectivity index (χ3n) is 5.48. The molecule has 2 atom stereocenters. The Morgan fingerprint density at radius 3 is 2.44 bits per heavy atom. The van der Waals surface area contributed by atoms with Crippen LogP contribution in [0.1, 0.15) is 45.7 Å². The van der Waals surface area contributed by atoms with Crippen molar-refractivity contribution in [2.45, 2.75) is 18.6 Å². The number of halogens is 1. The highest BCUT2D eigenvalue weighted by Crippen LogP contribution is 2.36. The van der Waals surface area contributed by atoms with Gasteiger partial charge in [0.1, 0.15) is 17.7 Å². The Labute approximate surface area is 191 Å². The van der Waals surface area contributed by atoms with Gasteiger partial charge in [0.2, 0.25) is 0 Å². The Morgan fingerprint density at radius 2 is 1.78 bits per heavy atom. The summed E-state index contributed by atoms with van der Waals surface area (Å²) in [5, 5.41) is 14.5. The summed E-state index contributed by atoms with van der Waals surface area (Å²) < 4.78 is 10.1. The lowest BCUT2D eigenvalue weighted by molar-refractivity contribution is 0.0600. The fraction of sp³-hybridized carbons (Fsp3) is 0.200. The first-order chi connectivity index (χ1) is 15.5. The number of esters is 1. The normalized spacial score (nSPS) is 18.0. The summed E-state index contributed by atoms with van der Waals surface area (Å²) in [6, 6.07) is 19.7. The van der Waals surface area contributed by atoms with E-state index in [1.54, 1.807) is 37.4 Å². The lowest BCUT2D eigenvalue weighted by atomic mass is 9.93. The van der Waals surface area contributed by atoms with Crippen molar-refractivity contribution < 1.29 is 19.4 Å². The van der Waals surface area contributed by atoms with Gasteiger partial charge in [0.15, 0.2) is 0 Å². The van der Waals surface area contributed by atoms with Crippen molar-refractivity contribution in [3.05, 3.63) is 94.0 Å². The lowest BCUT2D eigenvalue weighted by Gasteiger charge is -2.31. The van der Waals surface area contributed by atoms with Gasteiger partial charge in [0.25, 0.3) is 0 Å². The Balaban J connectivity index is 1.72. The molecule has 0 fully saturated rings. The summed E-state index contributed by atoms with van der Waals surface area (Å²) in [6.45, 7) is 0. The molecular weight excluding hydrogens is 428 g/mol. The maximum absolute atomic E-state index is 11.8. The van der Waals surface area contributed by atoms with Gasteiger partial charge in [-0.1, -0.05) is 23.7 Å². The van der Waals surface area contributed by atoms with Crippen LogP contribution in [0.5, 0.6) is 11.5 Å². The first kappa shape index (κ1) is 21.9. The molecule has 0 saturated heterocycles. The molecule has 3 aromatic carbocycles. The van der Waals surface area contributed by atoms with Crippen molar-refractivity contribution in [3.63, 3.8) is 0 Å². The molecule has 7 heteroatoms. The molecule has 0 radical (unpaired) electrons. The average molecular weight is 451 g/mol. The molecule has 4 rings (SSSR count). The number of benzene rings is 3. The molecular formula is C25H23ClN2O4. The number of phenols is 1. The van der Waals surface area contributed by atoms with Crippen LogP contribution in [0.2, 0.25) is 5.02 Å². The zero-order chi connectivity index (χ0) is 22.7. The number of aliphatic imine (C=N–C) groups is 1. The largest absolute Gasteiger partial charge is 0.508 e. The van der Waals surface area contributed by atoms with Gasteiger partial charge < -0.3 is 14.6 Å². The van der Waals surface area contributed by atoms with Crippen LogP contribution >= 0.6 is 11.6 Å². The minimum Gasteiger partial charge on any atom is -0.508 e. The van der Waals surface area contributed by atoms with E-state index in [2.05, 4.69) is 5.32 Å². The molecule has 164 valence electrons. The lowest BCUT2D eigenvalue weighted by Crippen LogP contribution is -2.33. The van der Waals surface area contributed by atoms with Gasteiger partial charge in [-0.2, -0.15) is 0 Å². The van der Waals surface area contributed by atoms with Gasteiger partial charge in [-0.3, -0.25) is 10.3 Å². The van der Waals surface area contributed by atoms with Gasteiger partial charge in [-0.25, -0.2) is 4.79 Å². The van der Waals surface area contributed by atoms with Crippen LogP contribution in [-0.4, -0.2) is 31.0 Å². The first-order valence-corrected chi connectivity index (χ1v) is 10.5. The molecule has 32 heavy (non-hydrogen) atoms. The number of nitrogens with zero attached hydrogens (tertiary/aromatic N) is 1. The molecule has 2 unspecified atom stereocenters. The number of phenolic OH excluding ortho intramolecular Hbond substituents is 1. The van der Waals surface area contributed by atoms with E-state index in [0.29, 0.717) is 22.6 Å². The fourth-order valence-electron chi connectivity index (χ4n) is 3.76. The zero-order valence-corrected chi connectivity index (χ0v) is 18.5. The number of carbonyl (C=O) groups is 1. The van der Waals surface area contributed by atoms with Gasteiger partial charge in [-0.15, -0.1) is 0 Å². The summed E-state index contributed by atoms with van der Waals surface area (Å²) in [6.07, 6.45) is 0.188. The first-order valence-electron chi connectivity index (χ1n) is 10.1. The molecule has 1 heterocycles. The van der Waals surface area contributed by atoms with Crippen molar-refractivity contribution in [1.82, 2.24) is 5.32 Å². The van der Waals surface area contributed by atoms with E-state index in [-0.39, 0.29) is 18.0 Å². The van der Waals surface area contributed by atoms with E-state index in [4.69, 9.17) is 26.1 Å². The van der Waals surface area contributed by atoms with E-state index < -0.39 is 5.97 Å². The van der Waals surface area contributed by atoms with Crippen molar-refractivity contribution in [1.29, 1.82) is 0 Å². The van der Waals surface area contributed by atoms with Crippen molar-refractivity contribution in [2.24, 2.45) is 4.99 Å². The van der Waals surface area contributed by atoms with Crippen LogP contribution in [-0.2, 0) is 4.74 Å². The van der Waals surface area contributed by atoms with Crippen molar-refractivity contribution in [3.8, 4) is 11.5 Å². The molecule has 0 aromatic heterocycles. The third-order valence-corrected chi connectivity index (χ3v) is 5.71. The quantitative estimate of drug-likeness (QED) is 0.531. The zero-order valence-electron chi connectivity index (χ0n) is 17.7. The minimum atomic E-state index is -0.391. The third kappa shape index (κ3) is 4.61. The standard InChI is InChI=1S/C25H23ClN2O4/c1-31-19-10-7-15(8-11-19)21-14-22(20-13-18(26)9-12-23(20)29)28-24(27-21)16-3-5-17(6-4-16)25(30)32-2/h3-13,22,24,28-29H,14H2,1-2H3. The Kier molecular flexibility index (Phi) is 6.44. The highest BCUT2D eigenvalue weighted by molar-refractivity contribution is 6.30. The summed E-state index contributed by atoms with van der Waals surface area (Å²) in [5.74, 6) is 0.544. The smallest absolute Gasteiger partial charge is 0.337 e. The second kappa shape index (κ2) is 9.42. The number of carbonyl (C=O) groups excluding carboxylic acids is 1. The van der Waals surface area contributed by atoms with Crippen LogP contribution in [0, 0.1) is 0 Å². The topological polar surface area (TPSA) is 80.2 Å². The maximum atomic E-state index is 11.8. The van der Waals surface area contributed by atoms with E-state index in [1.807, 2.05) is 36.4 Å². The average Bonchev–Trinajstić information content (AvgIpc) is 2.85. The van der Waals surface area contributed by atoms with E-state index in [9.17, 15) is 9.90 Å². The highest BCUT2D eigenvalue weighted by Gasteiger charge is 2.28. The Hall–Kier alpha value is -3.35. The fourth-order valence-corrected chi connectivity index (χ4v) is 3.94. The number of rotatable bonds is 5. The number of hydrogen-bond acceptors (Lipinski definition) is 6. The van der Waals surface area contributed by atoms with E-state index in [0.717, 1.165) is 22.6 Å². The number of hydrogen-bond donors (Lipinski definition) is 2. The number of nitrogens with one attached hydrogen (secondary N) is 1. The van der Waals surface area contributed by atoms with Crippen LogP contribution in [0.3, 0.4) is 0 Å². The van der Waals surface area contributed by atoms with Crippen LogP contribution < -0.4 is 10.1 Å². The number of methoxy groups -OCH3 is 2. The second-order valence-corrected chi connectivity index (χ2v) is 7.88. The minimum absolute atomic E-state index is 0.169. The summed E-state index contributed by atoms with van der Waals surface area (Å²) in [7, 11) is 2.98. The molecule has 0 aliphatic carbocycles. The van der Waals surface area contributed by atoms with Gasteiger partial charge in [-0.05, 0) is 65.7 Å². The molecule has 3 aromatic rings. The summed E-state index contributed by atoms with van der Waals surface area (Å²) in [4.78, 5) is 16.7. The van der Waals surface area contributed by atoms with Gasteiger partial charge >= 0.3 is 5.97 Å². The van der Waals surface area contributed by atoms with Crippen LogP contribution in [0.15, 0.2) is 71.7 Å². The SMILES string of the molecule is COC(=O)c1ccc(C2N=C(c3ccc(OC)cc3)CC(c3cc(Cl)ccc3O)N2)cc1. The summed E-state index contributed by atoms with van der Waals surface area (Å²) in [5.41, 5.74) is 3.91. The Morgan fingerprint density at radius 1 is 1.06 bits per heavy atom. The molecule has 0 amide bonds. The Bertz CT molecular complexity index is 1140. The summed E-state index contributed by atoms with van der Waals surface area (Å²) >= 11 is 6.21. The van der Waals surface area contributed by atoms with E-state index >= 15 is 0 Å². The molecule has 1 aliphatic heterocycles. The molecule has 0 spiro atoms. The molecule has 2 N–H and O–H groups in total. The van der Waals surface area contributed by atoms with Crippen LogP contribution in [0.25, 0.3) is 0 Å².